The lowest BCUT2D eigenvalue weighted by Gasteiger charge is -2.44. The Balaban J connectivity index is 0.000000166. The molecule has 7 aromatic carbocycles. The molecule has 0 aliphatic heterocycles. The Hall–Kier alpha value is -4.97. The maximum atomic E-state index is 2.31. The second-order valence-corrected chi connectivity index (χ2v) is 15.7. The van der Waals surface area contributed by atoms with E-state index < -0.39 is 13.4 Å². The van der Waals surface area contributed by atoms with E-state index in [1.165, 1.54) is 50.3 Å². The van der Waals surface area contributed by atoms with Gasteiger partial charge in [-0.3, -0.25) is 0 Å². The summed E-state index contributed by atoms with van der Waals surface area (Å²) in [6.45, 7) is 2.30. The van der Waals surface area contributed by atoms with Gasteiger partial charge in [0.2, 0.25) is 0 Å². The highest BCUT2D eigenvalue weighted by Gasteiger charge is 2.44. The first kappa shape index (κ1) is 32.0. The fourth-order valence-electron chi connectivity index (χ4n) is 7.34. The van der Waals surface area contributed by atoms with Crippen LogP contribution in [0, 0.1) is 0 Å². The smallest absolute Gasteiger partial charge is 0.112 e. The number of hydrogen-bond acceptors (Lipinski definition) is 0. The summed E-state index contributed by atoms with van der Waals surface area (Å²) >= 11 is 0. The van der Waals surface area contributed by atoms with E-state index in [0.717, 1.165) is 0 Å². The molecule has 0 heterocycles. The van der Waals surface area contributed by atoms with Gasteiger partial charge in [-0.05, 0) is 42.8 Å². The predicted octanol–water partition coefficient (Wildman–Crippen LogP) is 7.45. The van der Waals surface area contributed by atoms with Crippen molar-refractivity contribution in [1.82, 2.24) is 0 Å². The first-order valence-corrected chi connectivity index (χ1v) is 18.7. The summed E-state index contributed by atoms with van der Waals surface area (Å²) in [6, 6.07) is 76.7. The zero-order valence-electron chi connectivity index (χ0n) is 27.1. The lowest BCUT2D eigenvalue weighted by molar-refractivity contribution is 1.10. The van der Waals surface area contributed by atoms with Gasteiger partial charge in [-0.15, -0.1) is 0 Å². The molecule has 0 amide bonds. The molecule has 0 saturated heterocycles. The highest BCUT2D eigenvalue weighted by atomic mass is 31.2. The van der Waals surface area contributed by atoms with Crippen LogP contribution in [0.5, 0.6) is 0 Å². The van der Waals surface area contributed by atoms with E-state index in [9.17, 15) is 0 Å². The summed E-state index contributed by atoms with van der Waals surface area (Å²) in [6.07, 6.45) is 1.18. The number of rotatable bonds is 9. The largest absolute Gasteiger partial charge is 0.195 e. The predicted molar refractivity (Wildman–Crippen MR) is 210 cm³/mol. The van der Waals surface area contributed by atoms with Crippen molar-refractivity contribution in [3.05, 3.63) is 212 Å². The molecule has 0 N–H and O–H groups in total. The van der Waals surface area contributed by atoms with Crippen molar-refractivity contribution in [2.45, 2.75) is 13.3 Å². The van der Waals surface area contributed by atoms with Gasteiger partial charge in [0, 0.05) is 0 Å². The minimum atomic E-state index is -1.55. The molecule has 0 aliphatic rings. The molecule has 230 valence electrons. The molecule has 0 atom stereocenters. The van der Waals surface area contributed by atoms with Crippen LogP contribution < -0.4 is 37.8 Å². The Morgan fingerprint density at radius 1 is 0.319 bits per heavy atom. The highest BCUT2D eigenvalue weighted by molar-refractivity contribution is 7.95. The van der Waals surface area contributed by atoms with Crippen molar-refractivity contribution in [2.24, 2.45) is 0 Å². The maximum Gasteiger partial charge on any atom is 0.112 e. The van der Waals surface area contributed by atoms with E-state index in [0.29, 0.717) is 0 Å². The van der Waals surface area contributed by atoms with E-state index in [-0.39, 0.29) is 0 Å². The molecule has 7 aromatic rings. The van der Waals surface area contributed by atoms with Gasteiger partial charge in [0.25, 0.3) is 0 Å². The Kier molecular flexibility index (Phi) is 10.6. The second-order valence-electron chi connectivity index (χ2n) is 12.0. The standard InChI is InChI=1S/C24H20B.C21H22P/c1-5-13-21(14-6-1)25(22-15-7-2-8-16-22,23-17-9-3-10-18-23)24-19-11-4-12-20-24;1-2-18-22(19-12-6-3-7-13-19,20-14-8-4-9-15-20)21-16-10-5-11-17-21/h1-20H;3-17H,2,18H2,1H3/q-1;+1. The van der Waals surface area contributed by atoms with Crippen molar-refractivity contribution in [1.29, 1.82) is 0 Å². The maximum absolute atomic E-state index is 2.31. The van der Waals surface area contributed by atoms with Crippen LogP contribution in [-0.4, -0.2) is 12.3 Å². The number of hydrogen-bond donors (Lipinski definition) is 0. The van der Waals surface area contributed by atoms with Crippen molar-refractivity contribution in [2.75, 3.05) is 6.16 Å². The van der Waals surface area contributed by atoms with E-state index in [4.69, 9.17) is 0 Å². The molecule has 7 rings (SSSR count). The van der Waals surface area contributed by atoms with Gasteiger partial charge >= 0.3 is 0 Å². The molecule has 0 bridgehead atoms. The fourth-order valence-corrected chi connectivity index (χ4v) is 11.7. The van der Waals surface area contributed by atoms with Gasteiger partial charge in [0.05, 0.1) is 6.16 Å². The van der Waals surface area contributed by atoms with Crippen molar-refractivity contribution in [3.8, 4) is 0 Å². The molecule has 0 spiro atoms. The number of benzene rings is 7. The van der Waals surface area contributed by atoms with Gasteiger partial charge in [0.1, 0.15) is 29.3 Å². The van der Waals surface area contributed by atoms with E-state index in [2.05, 4.69) is 219 Å². The van der Waals surface area contributed by atoms with Crippen molar-refractivity contribution >= 4 is 51.2 Å². The summed E-state index contributed by atoms with van der Waals surface area (Å²) in [4.78, 5) is 0. The Labute approximate surface area is 282 Å². The summed E-state index contributed by atoms with van der Waals surface area (Å²) in [5, 5.41) is 4.44. The van der Waals surface area contributed by atoms with Crippen LogP contribution in [0.15, 0.2) is 212 Å². The molecule has 0 nitrogen and oxygen atoms in total. The van der Waals surface area contributed by atoms with Crippen LogP contribution in [0.3, 0.4) is 0 Å². The van der Waals surface area contributed by atoms with Crippen LogP contribution in [-0.2, 0) is 0 Å². The minimum absolute atomic E-state index is 1.19. The quantitative estimate of drug-likeness (QED) is 0.116. The third-order valence-corrected chi connectivity index (χ3v) is 14.0. The zero-order chi connectivity index (χ0) is 32.2. The van der Waals surface area contributed by atoms with Crippen LogP contribution >= 0.6 is 7.26 Å². The molecule has 0 unspecified atom stereocenters. The van der Waals surface area contributed by atoms with Crippen LogP contribution in [0.2, 0.25) is 0 Å². The second kappa shape index (κ2) is 15.6. The summed E-state index contributed by atoms with van der Waals surface area (Å²) in [7, 11) is -1.55. The topological polar surface area (TPSA) is 0 Å². The molecule has 0 aliphatic carbocycles. The van der Waals surface area contributed by atoms with E-state index >= 15 is 0 Å². The SMILES string of the molecule is CCC[P+](c1ccccc1)(c1ccccc1)c1ccccc1.c1ccc([B-](c2ccccc2)(c2ccccc2)c2ccccc2)cc1. The van der Waals surface area contributed by atoms with Crippen LogP contribution in [0.4, 0.5) is 0 Å². The van der Waals surface area contributed by atoms with E-state index in [1.54, 1.807) is 0 Å². The molecular formula is C45H42BP. The van der Waals surface area contributed by atoms with Crippen LogP contribution in [0.1, 0.15) is 13.3 Å². The van der Waals surface area contributed by atoms with E-state index in [1.807, 2.05) is 0 Å². The highest BCUT2D eigenvalue weighted by Crippen LogP contribution is 2.55. The summed E-state index contributed by atoms with van der Waals surface area (Å²) in [5.74, 6) is 0. The first-order chi connectivity index (χ1) is 23.3. The molecule has 0 saturated carbocycles. The average Bonchev–Trinajstić information content (AvgIpc) is 3.17. The summed E-state index contributed by atoms with van der Waals surface area (Å²) in [5.41, 5.74) is 5.36. The molecule has 0 radical (unpaired) electrons. The van der Waals surface area contributed by atoms with Gasteiger partial charge in [-0.1, -0.05) is 183 Å². The minimum Gasteiger partial charge on any atom is -0.195 e. The van der Waals surface area contributed by atoms with Crippen LogP contribution in [0.25, 0.3) is 0 Å². The lowest BCUT2D eigenvalue weighted by Crippen LogP contribution is -2.74. The zero-order valence-corrected chi connectivity index (χ0v) is 28.0. The average molecular weight is 625 g/mol. The van der Waals surface area contributed by atoms with Crippen molar-refractivity contribution < 1.29 is 0 Å². The van der Waals surface area contributed by atoms with Gasteiger partial charge < -0.3 is 0 Å². The molecule has 0 fully saturated rings. The fraction of sp³-hybridized carbons (Fsp3) is 0.0667. The Morgan fingerprint density at radius 2 is 0.532 bits per heavy atom. The third kappa shape index (κ3) is 6.64. The molecule has 0 aromatic heterocycles. The molecular weight excluding hydrogens is 582 g/mol. The lowest BCUT2D eigenvalue weighted by atomic mass is 9.13. The summed E-state index contributed by atoms with van der Waals surface area (Å²) < 4.78 is 0. The molecule has 47 heavy (non-hydrogen) atoms. The Bertz CT molecular complexity index is 1640. The normalized spacial score (nSPS) is 11.3. The third-order valence-electron chi connectivity index (χ3n) is 9.35. The molecule has 2 heteroatoms. The Morgan fingerprint density at radius 3 is 0.745 bits per heavy atom. The van der Waals surface area contributed by atoms with Crippen molar-refractivity contribution in [3.63, 3.8) is 0 Å². The first-order valence-electron chi connectivity index (χ1n) is 16.7. The van der Waals surface area contributed by atoms with Gasteiger partial charge in [0.15, 0.2) is 0 Å². The monoisotopic (exact) mass is 624 g/mol. The van der Waals surface area contributed by atoms with Gasteiger partial charge in [-0.2, -0.15) is 21.9 Å². The van der Waals surface area contributed by atoms with Gasteiger partial charge in [-0.25, -0.2) is 0 Å².